The minimum absolute atomic E-state index is 0.00643. The van der Waals surface area contributed by atoms with Crippen molar-refractivity contribution < 1.29 is 0 Å². The van der Waals surface area contributed by atoms with Gasteiger partial charge >= 0.3 is 0 Å². The number of nitriles is 1. The van der Waals surface area contributed by atoms with E-state index in [4.69, 9.17) is 0 Å². The molecule has 0 radical (unpaired) electrons. The summed E-state index contributed by atoms with van der Waals surface area (Å²) in [5.41, 5.74) is 11.7. The van der Waals surface area contributed by atoms with Gasteiger partial charge in [-0.1, -0.05) is 117 Å². The quantitative estimate of drug-likeness (QED) is 0.188. The number of benzene rings is 7. The van der Waals surface area contributed by atoms with E-state index in [1.807, 2.05) is 0 Å². The Labute approximate surface area is 257 Å². The van der Waals surface area contributed by atoms with E-state index in [0.717, 1.165) is 16.9 Å². The van der Waals surface area contributed by atoms with Crippen molar-refractivity contribution in [3.8, 4) is 17.2 Å². The first-order valence-corrected chi connectivity index (χ1v) is 15.4. The maximum atomic E-state index is 10.3. The van der Waals surface area contributed by atoms with Gasteiger partial charge in [0, 0.05) is 17.1 Å². The molecule has 0 atom stereocenters. The molecule has 2 heterocycles. The molecule has 7 aromatic rings. The second-order valence-electron chi connectivity index (χ2n) is 13.3. The maximum Gasteiger partial charge on any atom is 0.248 e. The highest BCUT2D eigenvalue weighted by Crippen LogP contribution is 2.44. The van der Waals surface area contributed by atoms with Gasteiger partial charge in [0.15, 0.2) is 0 Å². The summed E-state index contributed by atoms with van der Waals surface area (Å²) in [4.78, 5) is 2.41. The lowest BCUT2D eigenvalue weighted by Crippen LogP contribution is -2.59. The molecule has 0 N–H and O–H groups in total. The first-order chi connectivity index (χ1) is 21.4. The Hall–Kier alpha value is -5.33. The van der Waals surface area contributed by atoms with Crippen molar-refractivity contribution in [2.45, 2.75) is 26.2 Å². The first kappa shape index (κ1) is 25.2. The Morgan fingerprint density at radius 1 is 0.591 bits per heavy atom. The SMILES string of the molecule is CC(C)(C)c1cc2c3c(cccc3c1)-c1cc(C#N)cc3c1B2c1cc2ccccc2cc1N3c1ccc2ccccc2c1. The third-order valence-corrected chi connectivity index (χ3v) is 9.73. The van der Waals surface area contributed by atoms with E-state index >= 15 is 0 Å². The molecule has 0 saturated carbocycles. The van der Waals surface area contributed by atoms with Gasteiger partial charge in [0.1, 0.15) is 0 Å². The molecule has 0 aliphatic carbocycles. The number of rotatable bonds is 1. The molecule has 2 aliphatic heterocycles. The van der Waals surface area contributed by atoms with Crippen LogP contribution in [0.1, 0.15) is 31.9 Å². The van der Waals surface area contributed by atoms with Crippen molar-refractivity contribution in [2.24, 2.45) is 0 Å². The summed E-state index contributed by atoms with van der Waals surface area (Å²) < 4.78 is 0. The monoisotopic (exact) mass is 560 g/mol. The van der Waals surface area contributed by atoms with Gasteiger partial charge in [0.05, 0.1) is 11.6 Å². The molecule has 0 fully saturated rings. The topological polar surface area (TPSA) is 27.0 Å². The summed E-state index contributed by atoms with van der Waals surface area (Å²) in [5, 5.41) is 17.8. The largest absolute Gasteiger partial charge is 0.311 e. The lowest BCUT2D eigenvalue weighted by Gasteiger charge is -2.41. The molecule has 9 rings (SSSR count). The Morgan fingerprint density at radius 3 is 2.05 bits per heavy atom. The summed E-state index contributed by atoms with van der Waals surface area (Å²) in [6, 6.07) is 46.9. The minimum atomic E-state index is 0.00643. The average molecular weight is 561 g/mol. The van der Waals surface area contributed by atoms with Crippen LogP contribution >= 0.6 is 0 Å². The highest BCUT2D eigenvalue weighted by atomic mass is 15.2. The molecular weight excluding hydrogens is 531 g/mol. The van der Waals surface area contributed by atoms with Gasteiger partial charge in [-0.15, -0.1) is 0 Å². The standard InChI is InChI=1S/C41H29BN2/c1-41(2,3)31-19-30-13-8-14-33-34-17-25(24-43)18-38-40(34)42(36(23-31)39(30)33)35-21-28-11-6-7-12-29(28)22-37(35)44(38)32-16-15-26-9-4-5-10-27(26)20-32/h4-23H,1-3H3. The highest BCUT2D eigenvalue weighted by molar-refractivity contribution is 7.01. The molecule has 0 spiro atoms. The van der Waals surface area contributed by atoms with Crippen LogP contribution in [-0.4, -0.2) is 6.71 Å². The normalized spacial score (nSPS) is 13.2. The van der Waals surface area contributed by atoms with Gasteiger partial charge in [-0.2, -0.15) is 5.26 Å². The lowest BCUT2D eigenvalue weighted by molar-refractivity contribution is 0.591. The summed E-state index contributed by atoms with van der Waals surface area (Å²) in [6.07, 6.45) is 0. The molecule has 7 aromatic carbocycles. The number of hydrogen-bond acceptors (Lipinski definition) is 2. The van der Waals surface area contributed by atoms with Gasteiger partial charge in [-0.05, 0) is 95.7 Å². The van der Waals surface area contributed by atoms with Crippen molar-refractivity contribution in [3.63, 3.8) is 0 Å². The second-order valence-corrected chi connectivity index (χ2v) is 13.3. The zero-order chi connectivity index (χ0) is 29.7. The van der Waals surface area contributed by atoms with Crippen LogP contribution in [0.2, 0.25) is 0 Å². The second kappa shape index (κ2) is 8.85. The van der Waals surface area contributed by atoms with Crippen LogP contribution in [0.5, 0.6) is 0 Å². The van der Waals surface area contributed by atoms with Crippen LogP contribution in [0, 0.1) is 11.3 Å². The van der Waals surface area contributed by atoms with Crippen LogP contribution < -0.4 is 21.3 Å². The molecule has 0 saturated heterocycles. The van der Waals surface area contributed by atoms with E-state index in [1.54, 1.807) is 0 Å². The van der Waals surface area contributed by atoms with Crippen molar-refractivity contribution in [1.29, 1.82) is 5.26 Å². The maximum absolute atomic E-state index is 10.3. The first-order valence-electron chi connectivity index (χ1n) is 15.4. The summed E-state index contributed by atoms with van der Waals surface area (Å²) >= 11 is 0. The van der Waals surface area contributed by atoms with Crippen LogP contribution in [0.15, 0.2) is 121 Å². The third kappa shape index (κ3) is 3.49. The number of fused-ring (bicyclic) bond motifs is 6. The van der Waals surface area contributed by atoms with E-state index < -0.39 is 0 Å². The summed E-state index contributed by atoms with van der Waals surface area (Å²) in [7, 11) is 0. The van der Waals surface area contributed by atoms with Gasteiger partial charge in [0.25, 0.3) is 0 Å². The molecule has 44 heavy (non-hydrogen) atoms. The number of anilines is 3. The van der Waals surface area contributed by atoms with Crippen molar-refractivity contribution in [2.75, 3.05) is 4.90 Å². The molecule has 0 bridgehead atoms. The van der Waals surface area contributed by atoms with Crippen molar-refractivity contribution in [1.82, 2.24) is 0 Å². The van der Waals surface area contributed by atoms with Crippen molar-refractivity contribution in [3.05, 3.63) is 132 Å². The predicted molar refractivity (Wildman–Crippen MR) is 187 cm³/mol. The molecule has 206 valence electrons. The van der Waals surface area contributed by atoms with E-state index in [0.29, 0.717) is 5.56 Å². The van der Waals surface area contributed by atoms with Gasteiger partial charge < -0.3 is 4.90 Å². The van der Waals surface area contributed by atoms with E-state index in [9.17, 15) is 5.26 Å². The summed E-state index contributed by atoms with van der Waals surface area (Å²) in [6.45, 7) is 6.95. The molecule has 0 unspecified atom stereocenters. The van der Waals surface area contributed by atoms with E-state index in [-0.39, 0.29) is 12.1 Å². The fraction of sp³-hybridized carbons (Fsp3) is 0.0976. The van der Waals surface area contributed by atoms with E-state index in [2.05, 4.69) is 153 Å². The Balaban J connectivity index is 1.46. The van der Waals surface area contributed by atoms with Gasteiger partial charge in [-0.25, -0.2) is 0 Å². The fourth-order valence-electron chi connectivity index (χ4n) is 7.63. The molecule has 2 nitrogen and oxygen atoms in total. The fourth-order valence-corrected chi connectivity index (χ4v) is 7.63. The van der Waals surface area contributed by atoms with Gasteiger partial charge in [-0.3, -0.25) is 0 Å². The minimum Gasteiger partial charge on any atom is -0.311 e. The van der Waals surface area contributed by atoms with Crippen LogP contribution in [0.3, 0.4) is 0 Å². The highest BCUT2D eigenvalue weighted by Gasteiger charge is 2.42. The Kier molecular flexibility index (Phi) is 5.07. The van der Waals surface area contributed by atoms with Crippen LogP contribution in [0.4, 0.5) is 17.1 Å². The molecule has 0 aromatic heterocycles. The van der Waals surface area contributed by atoms with Crippen LogP contribution in [-0.2, 0) is 5.41 Å². The Morgan fingerprint density at radius 2 is 1.30 bits per heavy atom. The third-order valence-electron chi connectivity index (χ3n) is 9.73. The predicted octanol–water partition coefficient (Wildman–Crippen LogP) is 8.60. The van der Waals surface area contributed by atoms with Gasteiger partial charge in [0.2, 0.25) is 6.71 Å². The smallest absolute Gasteiger partial charge is 0.248 e. The zero-order valence-electron chi connectivity index (χ0n) is 25.0. The average Bonchev–Trinajstić information content (AvgIpc) is 3.04. The Bertz CT molecular complexity index is 2410. The molecule has 3 heteroatoms. The lowest BCUT2D eigenvalue weighted by atomic mass is 9.32. The molecule has 0 amide bonds. The zero-order valence-corrected chi connectivity index (χ0v) is 25.0. The van der Waals surface area contributed by atoms with Crippen molar-refractivity contribution >= 4 is 72.5 Å². The summed E-state index contributed by atoms with van der Waals surface area (Å²) in [5.74, 6) is 0. The molecular formula is C41H29BN2. The van der Waals surface area contributed by atoms with E-state index in [1.165, 1.54) is 65.5 Å². The van der Waals surface area contributed by atoms with Crippen LogP contribution in [0.25, 0.3) is 43.4 Å². The molecule has 2 aliphatic rings. The number of hydrogen-bond donors (Lipinski definition) is 0. The number of nitrogens with zero attached hydrogens (tertiary/aromatic N) is 2.